The van der Waals surface area contributed by atoms with E-state index in [1.807, 2.05) is 0 Å². The van der Waals surface area contributed by atoms with Crippen molar-refractivity contribution in [1.82, 2.24) is 15.5 Å². The van der Waals surface area contributed by atoms with Crippen molar-refractivity contribution in [3.05, 3.63) is 35.4 Å². The molecule has 4 rings (SSSR count). The van der Waals surface area contributed by atoms with Gasteiger partial charge in [0.2, 0.25) is 0 Å². The van der Waals surface area contributed by atoms with Crippen LogP contribution in [0, 0.1) is 5.92 Å². The Labute approximate surface area is 175 Å². The molecule has 3 fully saturated rings. The van der Waals surface area contributed by atoms with E-state index < -0.39 is 0 Å². The summed E-state index contributed by atoms with van der Waals surface area (Å²) in [6.07, 6.45) is 5.60. The number of piperidine rings is 1. The van der Waals surface area contributed by atoms with E-state index in [4.69, 9.17) is 4.74 Å². The SMILES string of the molecule is Cl.OC1CCN(Cc2ccccc2CNC2CCCC2C2COCCN2)CC1. The van der Waals surface area contributed by atoms with E-state index in [0.717, 1.165) is 58.8 Å². The topological polar surface area (TPSA) is 56.8 Å². The van der Waals surface area contributed by atoms with Crippen molar-refractivity contribution in [3.63, 3.8) is 0 Å². The van der Waals surface area contributed by atoms with Gasteiger partial charge in [0.05, 0.1) is 19.3 Å². The standard InChI is InChI=1S/C22H35N3O2.ClH/c26-19-8-11-25(12-9-19)15-18-5-2-1-4-17(18)14-24-21-7-3-6-20(21)22-16-27-13-10-23-22;/h1-2,4-5,19-24,26H,3,6-16H2;1H. The molecule has 2 heterocycles. The first-order valence-corrected chi connectivity index (χ1v) is 10.8. The predicted octanol–water partition coefficient (Wildman–Crippen LogP) is 2.31. The van der Waals surface area contributed by atoms with Gasteiger partial charge in [0.1, 0.15) is 0 Å². The Morgan fingerprint density at radius 1 is 1.11 bits per heavy atom. The fourth-order valence-corrected chi connectivity index (χ4v) is 5.03. The number of nitrogens with zero attached hydrogens (tertiary/aromatic N) is 1. The first kappa shape index (κ1) is 22.0. The highest BCUT2D eigenvalue weighted by Gasteiger charge is 2.34. The second-order valence-corrected chi connectivity index (χ2v) is 8.49. The Hall–Kier alpha value is -0.690. The highest BCUT2D eigenvalue weighted by Crippen LogP contribution is 2.30. The predicted molar refractivity (Wildman–Crippen MR) is 115 cm³/mol. The molecule has 0 amide bonds. The molecule has 2 saturated heterocycles. The summed E-state index contributed by atoms with van der Waals surface area (Å²) >= 11 is 0. The van der Waals surface area contributed by atoms with Crippen LogP contribution in [0.25, 0.3) is 0 Å². The van der Waals surface area contributed by atoms with Crippen molar-refractivity contribution in [3.8, 4) is 0 Å². The fraction of sp³-hybridized carbons (Fsp3) is 0.727. The molecule has 3 aliphatic rings. The Morgan fingerprint density at radius 2 is 1.89 bits per heavy atom. The number of ether oxygens (including phenoxy) is 1. The number of rotatable bonds is 6. The molecule has 2 aliphatic heterocycles. The average molecular weight is 410 g/mol. The lowest BCUT2D eigenvalue weighted by Gasteiger charge is -2.33. The van der Waals surface area contributed by atoms with E-state index in [9.17, 15) is 5.11 Å². The number of benzene rings is 1. The number of morpholine rings is 1. The molecule has 0 aromatic heterocycles. The van der Waals surface area contributed by atoms with E-state index in [0.29, 0.717) is 18.0 Å². The summed E-state index contributed by atoms with van der Waals surface area (Å²) in [5.41, 5.74) is 2.84. The molecule has 28 heavy (non-hydrogen) atoms. The minimum Gasteiger partial charge on any atom is -0.393 e. The zero-order valence-electron chi connectivity index (χ0n) is 16.8. The van der Waals surface area contributed by atoms with Gasteiger partial charge in [-0.05, 0) is 42.7 Å². The van der Waals surface area contributed by atoms with Gasteiger partial charge in [-0.25, -0.2) is 0 Å². The molecule has 1 aliphatic carbocycles. The second kappa shape index (κ2) is 10.9. The van der Waals surface area contributed by atoms with E-state index in [2.05, 4.69) is 39.8 Å². The number of hydrogen-bond donors (Lipinski definition) is 3. The molecule has 3 unspecified atom stereocenters. The summed E-state index contributed by atoms with van der Waals surface area (Å²) in [7, 11) is 0. The Kier molecular flexibility index (Phi) is 8.57. The number of nitrogens with one attached hydrogen (secondary N) is 2. The zero-order chi connectivity index (χ0) is 18.5. The van der Waals surface area contributed by atoms with E-state index in [1.165, 1.54) is 30.4 Å². The third-order valence-electron chi connectivity index (χ3n) is 6.66. The summed E-state index contributed by atoms with van der Waals surface area (Å²) in [5, 5.41) is 17.3. The monoisotopic (exact) mass is 409 g/mol. The van der Waals surface area contributed by atoms with Crippen LogP contribution < -0.4 is 10.6 Å². The van der Waals surface area contributed by atoms with Crippen molar-refractivity contribution >= 4 is 12.4 Å². The minimum atomic E-state index is -0.102. The average Bonchev–Trinajstić information content (AvgIpc) is 3.18. The molecule has 3 atom stereocenters. The third-order valence-corrected chi connectivity index (χ3v) is 6.66. The van der Waals surface area contributed by atoms with Crippen LogP contribution in [0.4, 0.5) is 0 Å². The number of hydrogen-bond acceptors (Lipinski definition) is 5. The number of aliphatic hydroxyl groups is 1. The van der Waals surface area contributed by atoms with Gasteiger partial charge in [-0.15, -0.1) is 12.4 Å². The highest BCUT2D eigenvalue weighted by atomic mass is 35.5. The molecule has 1 saturated carbocycles. The molecular weight excluding hydrogens is 374 g/mol. The molecule has 6 heteroatoms. The summed E-state index contributed by atoms with van der Waals surface area (Å²) in [6.45, 7) is 6.64. The largest absolute Gasteiger partial charge is 0.393 e. The van der Waals surface area contributed by atoms with Crippen LogP contribution in [-0.2, 0) is 17.8 Å². The van der Waals surface area contributed by atoms with Gasteiger partial charge in [-0.2, -0.15) is 0 Å². The van der Waals surface area contributed by atoms with E-state index in [-0.39, 0.29) is 18.5 Å². The molecule has 3 N–H and O–H groups in total. The van der Waals surface area contributed by atoms with Gasteiger partial charge in [-0.3, -0.25) is 4.90 Å². The molecule has 0 spiro atoms. The third kappa shape index (κ3) is 5.68. The van der Waals surface area contributed by atoms with E-state index >= 15 is 0 Å². The molecule has 5 nitrogen and oxygen atoms in total. The molecule has 0 radical (unpaired) electrons. The maximum Gasteiger partial charge on any atom is 0.0623 e. The van der Waals surface area contributed by atoms with Crippen LogP contribution in [0.15, 0.2) is 24.3 Å². The normalized spacial score (nSPS) is 29.5. The van der Waals surface area contributed by atoms with Gasteiger partial charge >= 0.3 is 0 Å². The van der Waals surface area contributed by atoms with Crippen molar-refractivity contribution in [1.29, 1.82) is 0 Å². The van der Waals surface area contributed by atoms with Crippen LogP contribution in [0.1, 0.15) is 43.2 Å². The zero-order valence-corrected chi connectivity index (χ0v) is 17.6. The Morgan fingerprint density at radius 3 is 2.64 bits per heavy atom. The fourth-order valence-electron chi connectivity index (χ4n) is 5.03. The van der Waals surface area contributed by atoms with Gasteiger partial charge in [0, 0.05) is 44.8 Å². The quantitative estimate of drug-likeness (QED) is 0.673. The van der Waals surface area contributed by atoms with Crippen molar-refractivity contribution < 1.29 is 9.84 Å². The first-order chi connectivity index (χ1) is 13.3. The summed E-state index contributed by atoms with van der Waals surface area (Å²) in [6, 6.07) is 9.94. The lowest BCUT2D eigenvalue weighted by molar-refractivity contribution is 0.0524. The van der Waals surface area contributed by atoms with E-state index in [1.54, 1.807) is 0 Å². The number of aliphatic hydroxyl groups excluding tert-OH is 1. The summed E-state index contributed by atoms with van der Waals surface area (Å²) < 4.78 is 5.70. The van der Waals surface area contributed by atoms with Crippen LogP contribution in [0.2, 0.25) is 0 Å². The summed E-state index contributed by atoms with van der Waals surface area (Å²) in [5.74, 6) is 0.682. The van der Waals surface area contributed by atoms with Crippen LogP contribution in [0.5, 0.6) is 0 Å². The highest BCUT2D eigenvalue weighted by molar-refractivity contribution is 5.85. The van der Waals surface area contributed by atoms with Crippen LogP contribution >= 0.6 is 12.4 Å². The van der Waals surface area contributed by atoms with Crippen molar-refractivity contribution in [2.45, 2.75) is 63.4 Å². The molecule has 1 aromatic rings. The lowest BCUT2D eigenvalue weighted by Crippen LogP contribution is -2.50. The second-order valence-electron chi connectivity index (χ2n) is 8.49. The van der Waals surface area contributed by atoms with Crippen molar-refractivity contribution in [2.75, 3.05) is 32.8 Å². The van der Waals surface area contributed by atoms with Gasteiger partial charge in [0.15, 0.2) is 0 Å². The molecule has 158 valence electrons. The van der Waals surface area contributed by atoms with Crippen molar-refractivity contribution in [2.24, 2.45) is 5.92 Å². The maximum atomic E-state index is 9.73. The number of likely N-dealkylation sites (tertiary alicyclic amines) is 1. The molecule has 1 aromatic carbocycles. The Balaban J connectivity index is 0.00000225. The van der Waals surface area contributed by atoms with Gasteiger partial charge in [-0.1, -0.05) is 30.7 Å². The molecule has 0 bridgehead atoms. The van der Waals surface area contributed by atoms with Gasteiger partial charge < -0.3 is 20.5 Å². The van der Waals surface area contributed by atoms with Crippen LogP contribution in [-0.4, -0.2) is 61.0 Å². The minimum absolute atomic E-state index is 0. The van der Waals surface area contributed by atoms with Crippen LogP contribution in [0.3, 0.4) is 0 Å². The first-order valence-electron chi connectivity index (χ1n) is 10.8. The molecular formula is C22H36ClN3O2. The lowest BCUT2D eigenvalue weighted by atomic mass is 9.93. The maximum absolute atomic E-state index is 9.73. The smallest absolute Gasteiger partial charge is 0.0623 e. The summed E-state index contributed by atoms with van der Waals surface area (Å²) in [4.78, 5) is 2.48. The van der Waals surface area contributed by atoms with Gasteiger partial charge in [0.25, 0.3) is 0 Å². The number of halogens is 1. The Bertz CT molecular complexity index is 589.